The first kappa shape index (κ1) is 8.04. The summed E-state index contributed by atoms with van der Waals surface area (Å²) in [4.78, 5) is 0. The summed E-state index contributed by atoms with van der Waals surface area (Å²) < 4.78 is 0. The van der Waals surface area contributed by atoms with Crippen molar-refractivity contribution in [1.29, 1.82) is 0 Å². The number of aliphatic hydroxyl groups is 2. The monoisotopic (exact) mass is 154 g/mol. The Morgan fingerprint density at radius 1 is 1.09 bits per heavy atom. The van der Waals surface area contributed by atoms with Crippen LogP contribution >= 0.6 is 0 Å². The molecule has 0 unspecified atom stereocenters. The molecule has 1 aromatic rings. The van der Waals surface area contributed by atoms with Crippen LogP contribution in [0.4, 0.5) is 0 Å². The van der Waals surface area contributed by atoms with Gasteiger partial charge >= 0.3 is 0 Å². The van der Waals surface area contributed by atoms with Gasteiger partial charge in [0.05, 0.1) is 13.2 Å². The highest BCUT2D eigenvalue weighted by Crippen LogP contribution is 2.20. The van der Waals surface area contributed by atoms with Crippen molar-refractivity contribution in [1.82, 2.24) is 0 Å². The van der Waals surface area contributed by atoms with Gasteiger partial charge in [-0.15, -0.1) is 0 Å². The van der Waals surface area contributed by atoms with Crippen molar-refractivity contribution in [2.75, 3.05) is 0 Å². The zero-order valence-electron chi connectivity index (χ0n) is 5.99. The maximum atomic E-state index is 9.15. The number of aromatic hydroxyl groups is 1. The fourth-order valence-electron chi connectivity index (χ4n) is 0.952. The van der Waals surface area contributed by atoms with Crippen LogP contribution in [0, 0.1) is 0 Å². The molecule has 1 rings (SSSR count). The standard InChI is InChI=1S/C8H10O3/c9-4-6-2-1-3-8(11)7(6)5-10/h1-3,9-11H,4-5H2. The zero-order chi connectivity index (χ0) is 8.27. The molecule has 0 aliphatic rings. The maximum absolute atomic E-state index is 9.15. The number of rotatable bonds is 2. The molecule has 0 saturated heterocycles. The average molecular weight is 154 g/mol. The Morgan fingerprint density at radius 3 is 2.27 bits per heavy atom. The van der Waals surface area contributed by atoms with E-state index in [4.69, 9.17) is 15.3 Å². The number of phenols is 1. The first-order chi connectivity index (χ1) is 5.29. The summed E-state index contributed by atoms with van der Waals surface area (Å²) in [5.41, 5.74) is 0.961. The smallest absolute Gasteiger partial charge is 0.121 e. The van der Waals surface area contributed by atoms with Crippen LogP contribution in [0.2, 0.25) is 0 Å². The third-order valence-electron chi connectivity index (χ3n) is 1.58. The van der Waals surface area contributed by atoms with Crippen molar-refractivity contribution in [2.24, 2.45) is 0 Å². The third kappa shape index (κ3) is 1.50. The quantitative estimate of drug-likeness (QED) is 0.577. The lowest BCUT2D eigenvalue weighted by atomic mass is 10.1. The second kappa shape index (κ2) is 3.37. The molecule has 3 nitrogen and oxygen atoms in total. The van der Waals surface area contributed by atoms with Crippen LogP contribution in [0.25, 0.3) is 0 Å². The molecule has 60 valence electrons. The van der Waals surface area contributed by atoms with Gasteiger partial charge in [0, 0.05) is 5.56 Å². The van der Waals surface area contributed by atoms with Gasteiger partial charge in [-0.05, 0) is 11.6 Å². The van der Waals surface area contributed by atoms with Gasteiger partial charge in [0.25, 0.3) is 0 Å². The predicted molar refractivity (Wildman–Crippen MR) is 40.0 cm³/mol. The Hall–Kier alpha value is -1.06. The van der Waals surface area contributed by atoms with Crippen LogP contribution < -0.4 is 0 Å². The van der Waals surface area contributed by atoms with Crippen LogP contribution in [0.3, 0.4) is 0 Å². The molecule has 11 heavy (non-hydrogen) atoms. The Morgan fingerprint density at radius 2 is 1.82 bits per heavy atom. The Kier molecular flexibility index (Phi) is 2.46. The van der Waals surface area contributed by atoms with Gasteiger partial charge in [0.15, 0.2) is 0 Å². The second-order valence-corrected chi connectivity index (χ2v) is 2.23. The summed E-state index contributed by atoms with van der Waals surface area (Å²) in [7, 11) is 0. The molecule has 0 atom stereocenters. The lowest BCUT2D eigenvalue weighted by Gasteiger charge is -2.05. The highest BCUT2D eigenvalue weighted by Gasteiger charge is 2.03. The van der Waals surface area contributed by atoms with E-state index in [2.05, 4.69) is 0 Å². The first-order valence-electron chi connectivity index (χ1n) is 3.31. The van der Waals surface area contributed by atoms with Crippen molar-refractivity contribution in [3.05, 3.63) is 29.3 Å². The zero-order valence-corrected chi connectivity index (χ0v) is 5.99. The van der Waals surface area contributed by atoms with Crippen molar-refractivity contribution in [3.8, 4) is 5.75 Å². The maximum Gasteiger partial charge on any atom is 0.121 e. The summed E-state index contributed by atoms with van der Waals surface area (Å²) in [5.74, 6) is 0.0269. The van der Waals surface area contributed by atoms with Crippen LogP contribution in [0.1, 0.15) is 11.1 Å². The highest BCUT2D eigenvalue weighted by molar-refractivity contribution is 5.38. The molecule has 0 aliphatic carbocycles. The van der Waals surface area contributed by atoms with Crippen LogP contribution in [0.15, 0.2) is 18.2 Å². The molecule has 0 aromatic heterocycles. The first-order valence-corrected chi connectivity index (χ1v) is 3.31. The van der Waals surface area contributed by atoms with Crippen molar-refractivity contribution in [3.63, 3.8) is 0 Å². The Labute approximate surface area is 64.5 Å². The van der Waals surface area contributed by atoms with Crippen LogP contribution in [-0.4, -0.2) is 15.3 Å². The second-order valence-electron chi connectivity index (χ2n) is 2.23. The summed E-state index contributed by atoms with van der Waals surface area (Å²) in [5, 5.41) is 26.7. The van der Waals surface area contributed by atoms with E-state index in [-0.39, 0.29) is 19.0 Å². The molecule has 0 radical (unpaired) electrons. The molecule has 0 bridgehead atoms. The largest absolute Gasteiger partial charge is 0.508 e. The Bertz CT molecular complexity index is 245. The molecular weight excluding hydrogens is 144 g/mol. The van der Waals surface area contributed by atoms with E-state index in [1.165, 1.54) is 6.07 Å². The minimum absolute atomic E-state index is 0.0269. The minimum atomic E-state index is -0.247. The predicted octanol–water partition coefficient (Wildman–Crippen LogP) is 0.377. The Balaban J connectivity index is 3.13. The summed E-state index contributed by atoms with van der Waals surface area (Å²) >= 11 is 0. The molecule has 0 aliphatic heterocycles. The molecule has 0 spiro atoms. The average Bonchev–Trinajstić information content (AvgIpc) is 2.04. The van der Waals surface area contributed by atoms with Crippen LogP contribution in [-0.2, 0) is 13.2 Å². The number of benzene rings is 1. The van der Waals surface area contributed by atoms with Gasteiger partial charge in [0.1, 0.15) is 5.75 Å². The molecule has 1 aromatic carbocycles. The molecule has 0 heterocycles. The van der Waals surface area contributed by atoms with Gasteiger partial charge in [-0.2, -0.15) is 0 Å². The lowest BCUT2D eigenvalue weighted by molar-refractivity contribution is 0.255. The van der Waals surface area contributed by atoms with Gasteiger partial charge in [-0.1, -0.05) is 12.1 Å². The molecular formula is C8H10O3. The SMILES string of the molecule is OCc1cccc(O)c1CO. The highest BCUT2D eigenvalue weighted by atomic mass is 16.3. The molecule has 0 fully saturated rings. The fourth-order valence-corrected chi connectivity index (χ4v) is 0.952. The summed E-state index contributed by atoms with van der Waals surface area (Å²) in [6.45, 7) is -0.410. The topological polar surface area (TPSA) is 60.7 Å². The van der Waals surface area contributed by atoms with E-state index >= 15 is 0 Å². The third-order valence-corrected chi connectivity index (χ3v) is 1.58. The van der Waals surface area contributed by atoms with Crippen molar-refractivity contribution in [2.45, 2.75) is 13.2 Å². The van der Waals surface area contributed by atoms with Crippen molar-refractivity contribution >= 4 is 0 Å². The van der Waals surface area contributed by atoms with Gasteiger partial charge in [-0.3, -0.25) is 0 Å². The van der Waals surface area contributed by atoms with Crippen LogP contribution in [0.5, 0.6) is 5.75 Å². The van der Waals surface area contributed by atoms with E-state index < -0.39 is 0 Å². The lowest BCUT2D eigenvalue weighted by Crippen LogP contribution is -1.93. The van der Waals surface area contributed by atoms with Gasteiger partial charge in [-0.25, -0.2) is 0 Å². The summed E-state index contributed by atoms with van der Waals surface area (Å²) in [6, 6.07) is 4.76. The van der Waals surface area contributed by atoms with Gasteiger partial charge in [0.2, 0.25) is 0 Å². The summed E-state index contributed by atoms with van der Waals surface area (Å²) in [6.07, 6.45) is 0. The molecule has 0 saturated carbocycles. The normalized spacial score (nSPS) is 10.0. The van der Waals surface area contributed by atoms with Crippen molar-refractivity contribution < 1.29 is 15.3 Å². The fraction of sp³-hybridized carbons (Fsp3) is 0.250. The van der Waals surface area contributed by atoms with E-state index in [9.17, 15) is 0 Å². The number of aliphatic hydroxyl groups excluding tert-OH is 2. The van der Waals surface area contributed by atoms with E-state index in [0.29, 0.717) is 11.1 Å². The number of hydrogen-bond donors (Lipinski definition) is 3. The number of hydrogen-bond acceptors (Lipinski definition) is 3. The minimum Gasteiger partial charge on any atom is -0.508 e. The molecule has 3 N–H and O–H groups in total. The van der Waals surface area contributed by atoms with E-state index in [1.807, 2.05) is 0 Å². The molecule has 0 amide bonds. The molecule has 3 heteroatoms. The van der Waals surface area contributed by atoms with E-state index in [1.54, 1.807) is 12.1 Å². The van der Waals surface area contributed by atoms with E-state index in [0.717, 1.165) is 0 Å². The van der Waals surface area contributed by atoms with Gasteiger partial charge < -0.3 is 15.3 Å².